The molecule has 0 fully saturated rings. The van der Waals surface area contributed by atoms with Crippen LogP contribution in [0.1, 0.15) is 22.4 Å². The molecule has 1 amide bonds. The van der Waals surface area contributed by atoms with Gasteiger partial charge < -0.3 is 11.1 Å². The highest BCUT2D eigenvalue weighted by Gasteiger charge is 2.28. The summed E-state index contributed by atoms with van der Waals surface area (Å²) < 4.78 is 1.69. The van der Waals surface area contributed by atoms with Gasteiger partial charge in [0, 0.05) is 18.0 Å². The molecular weight excluding hydrogens is 394 g/mol. The van der Waals surface area contributed by atoms with Gasteiger partial charge in [-0.15, -0.1) is 29.3 Å². The van der Waals surface area contributed by atoms with E-state index < -0.39 is 0 Å². The monoisotopic (exact) mass is 415 g/mol. The van der Waals surface area contributed by atoms with Crippen molar-refractivity contribution >= 4 is 30.1 Å². The van der Waals surface area contributed by atoms with Crippen LogP contribution in [0.25, 0.3) is 5.69 Å². The zero-order valence-corrected chi connectivity index (χ0v) is 17.1. The molecule has 0 saturated heterocycles. The summed E-state index contributed by atoms with van der Waals surface area (Å²) >= 11 is 1.65. The van der Waals surface area contributed by atoms with Gasteiger partial charge in [-0.25, -0.2) is 4.68 Å². The highest BCUT2D eigenvalue weighted by atomic mass is 35.5. The lowest BCUT2D eigenvalue weighted by Crippen LogP contribution is -2.32. The van der Waals surface area contributed by atoms with Crippen LogP contribution in [0.15, 0.2) is 53.6 Å². The third-order valence-corrected chi connectivity index (χ3v) is 5.89. The molecule has 28 heavy (non-hydrogen) atoms. The maximum Gasteiger partial charge on any atom is 0.234 e. The van der Waals surface area contributed by atoms with E-state index in [-0.39, 0.29) is 23.6 Å². The predicted octanol–water partition coefficient (Wildman–Crippen LogP) is 2.79. The molecule has 3 N–H and O–H groups in total. The number of fused-ring (bicyclic) bond motifs is 1. The number of hydrogen-bond acceptors (Lipinski definition) is 5. The van der Waals surface area contributed by atoms with Crippen molar-refractivity contribution in [2.75, 3.05) is 0 Å². The minimum absolute atomic E-state index is 0. The van der Waals surface area contributed by atoms with Gasteiger partial charge in [0.15, 0.2) is 0 Å². The summed E-state index contributed by atoms with van der Waals surface area (Å²) in [5.41, 5.74) is 10.7. The topological polar surface area (TPSA) is 85.8 Å². The van der Waals surface area contributed by atoms with Gasteiger partial charge >= 0.3 is 0 Å². The zero-order chi connectivity index (χ0) is 18.8. The maximum absolute atomic E-state index is 12.6. The highest BCUT2D eigenvalue weighted by molar-refractivity contribution is 8.01. The molecular formula is C20H22ClN5OS. The van der Waals surface area contributed by atoms with Gasteiger partial charge in [0.2, 0.25) is 5.91 Å². The second-order valence-corrected chi connectivity index (χ2v) is 7.91. The van der Waals surface area contributed by atoms with Crippen LogP contribution < -0.4 is 11.1 Å². The van der Waals surface area contributed by atoms with E-state index in [1.165, 1.54) is 16.0 Å². The minimum Gasteiger partial charge on any atom is -0.351 e. The van der Waals surface area contributed by atoms with Crippen molar-refractivity contribution in [3.05, 3.63) is 71.0 Å². The van der Waals surface area contributed by atoms with E-state index in [1.807, 2.05) is 30.5 Å². The summed E-state index contributed by atoms with van der Waals surface area (Å²) in [4.78, 5) is 13.8. The number of halogens is 1. The number of rotatable bonds is 5. The standard InChI is InChI=1S/C20H21N5OS.ClH/c1-13-5-6-18-15(7-13)9-19(27-18)20(26)22-11-14-3-2-4-17(8-14)25-12-16(10-21)23-24-25;/h2-8,12,19H,9-11,21H2,1H3,(H,22,26);1H. The predicted molar refractivity (Wildman–Crippen MR) is 113 cm³/mol. The van der Waals surface area contributed by atoms with Gasteiger partial charge in [-0.3, -0.25) is 4.79 Å². The van der Waals surface area contributed by atoms with Crippen LogP contribution in [-0.2, 0) is 24.3 Å². The molecule has 0 radical (unpaired) electrons. The molecule has 1 aliphatic heterocycles. The number of aryl methyl sites for hydroxylation is 1. The Morgan fingerprint density at radius 1 is 1.32 bits per heavy atom. The fourth-order valence-electron chi connectivity index (χ4n) is 3.15. The fourth-order valence-corrected chi connectivity index (χ4v) is 4.35. The molecule has 8 heteroatoms. The summed E-state index contributed by atoms with van der Waals surface area (Å²) in [6, 6.07) is 14.3. The summed E-state index contributed by atoms with van der Waals surface area (Å²) in [6.07, 6.45) is 2.60. The average Bonchev–Trinajstić information content (AvgIpc) is 3.33. The lowest BCUT2D eigenvalue weighted by atomic mass is 10.1. The van der Waals surface area contributed by atoms with Gasteiger partial charge in [-0.1, -0.05) is 35.0 Å². The smallest absolute Gasteiger partial charge is 0.234 e. The minimum atomic E-state index is -0.0626. The van der Waals surface area contributed by atoms with E-state index in [0.717, 1.165) is 23.4 Å². The molecule has 6 nitrogen and oxygen atoms in total. The molecule has 2 heterocycles. The van der Waals surface area contributed by atoms with Crippen LogP contribution >= 0.6 is 24.2 Å². The number of carbonyl (C=O) groups excluding carboxylic acids is 1. The summed E-state index contributed by atoms with van der Waals surface area (Å²) in [7, 11) is 0. The van der Waals surface area contributed by atoms with Crippen molar-refractivity contribution in [2.45, 2.75) is 36.6 Å². The molecule has 1 unspecified atom stereocenters. The SMILES string of the molecule is Cc1ccc2c(c1)CC(C(=O)NCc1cccc(-n3cc(CN)nn3)c1)S2.Cl. The van der Waals surface area contributed by atoms with Crippen LogP contribution in [-0.4, -0.2) is 26.2 Å². The Morgan fingerprint density at radius 2 is 2.18 bits per heavy atom. The number of nitrogens with one attached hydrogen (secondary N) is 1. The Hall–Kier alpha value is -2.35. The van der Waals surface area contributed by atoms with E-state index in [1.54, 1.807) is 16.4 Å². The van der Waals surface area contributed by atoms with E-state index in [2.05, 4.69) is 40.8 Å². The van der Waals surface area contributed by atoms with Gasteiger partial charge in [-0.2, -0.15) is 0 Å². The van der Waals surface area contributed by atoms with E-state index >= 15 is 0 Å². The third kappa shape index (κ3) is 4.38. The molecule has 1 aromatic heterocycles. The highest BCUT2D eigenvalue weighted by Crippen LogP contribution is 2.37. The number of nitrogens with zero attached hydrogens (tertiary/aromatic N) is 3. The molecule has 0 spiro atoms. The van der Waals surface area contributed by atoms with Gasteiger partial charge in [0.1, 0.15) is 0 Å². The number of amides is 1. The first-order valence-corrected chi connectivity index (χ1v) is 9.75. The van der Waals surface area contributed by atoms with Gasteiger partial charge in [0.05, 0.1) is 22.8 Å². The quantitative estimate of drug-likeness (QED) is 0.669. The first-order valence-electron chi connectivity index (χ1n) is 8.87. The first-order chi connectivity index (χ1) is 13.1. The normalized spacial score (nSPS) is 15.0. The molecule has 1 atom stereocenters. The Labute approximate surface area is 174 Å². The molecule has 4 rings (SSSR count). The number of aromatic nitrogens is 3. The molecule has 2 aromatic carbocycles. The maximum atomic E-state index is 12.6. The van der Waals surface area contributed by atoms with Crippen molar-refractivity contribution in [1.29, 1.82) is 0 Å². The van der Waals surface area contributed by atoms with Crippen molar-refractivity contribution < 1.29 is 4.79 Å². The third-order valence-electron chi connectivity index (χ3n) is 4.57. The zero-order valence-electron chi connectivity index (χ0n) is 15.5. The molecule has 0 bridgehead atoms. The summed E-state index contributed by atoms with van der Waals surface area (Å²) in [5.74, 6) is 0.0745. The van der Waals surface area contributed by atoms with E-state index in [0.29, 0.717) is 13.1 Å². The van der Waals surface area contributed by atoms with Crippen LogP contribution in [0.2, 0.25) is 0 Å². The van der Waals surface area contributed by atoms with Crippen LogP contribution in [0.3, 0.4) is 0 Å². The Morgan fingerprint density at radius 3 is 2.96 bits per heavy atom. The van der Waals surface area contributed by atoms with Crippen LogP contribution in [0, 0.1) is 6.92 Å². The Bertz CT molecular complexity index is 990. The number of carbonyl (C=O) groups is 1. The number of benzene rings is 2. The van der Waals surface area contributed by atoms with Crippen molar-refractivity contribution in [3.8, 4) is 5.69 Å². The van der Waals surface area contributed by atoms with Crippen LogP contribution in [0.5, 0.6) is 0 Å². The fraction of sp³-hybridized carbons (Fsp3) is 0.250. The van der Waals surface area contributed by atoms with Gasteiger partial charge in [0.25, 0.3) is 0 Å². The molecule has 146 valence electrons. The van der Waals surface area contributed by atoms with Crippen molar-refractivity contribution in [2.24, 2.45) is 5.73 Å². The van der Waals surface area contributed by atoms with E-state index in [9.17, 15) is 4.79 Å². The second-order valence-electron chi connectivity index (χ2n) is 6.67. The lowest BCUT2D eigenvalue weighted by molar-refractivity contribution is -0.120. The molecule has 3 aromatic rings. The summed E-state index contributed by atoms with van der Waals surface area (Å²) in [6.45, 7) is 2.92. The number of nitrogens with two attached hydrogens (primary N) is 1. The van der Waals surface area contributed by atoms with E-state index in [4.69, 9.17) is 5.73 Å². The largest absolute Gasteiger partial charge is 0.351 e. The summed E-state index contributed by atoms with van der Waals surface area (Å²) in [5, 5.41) is 11.1. The number of thioether (sulfide) groups is 1. The Kier molecular flexibility index (Phi) is 6.39. The molecule has 1 aliphatic rings. The van der Waals surface area contributed by atoms with Crippen molar-refractivity contribution in [3.63, 3.8) is 0 Å². The first kappa shape index (κ1) is 20.4. The molecule has 0 saturated carbocycles. The number of hydrogen-bond donors (Lipinski definition) is 2. The molecule has 0 aliphatic carbocycles. The lowest BCUT2D eigenvalue weighted by Gasteiger charge is -2.11. The average molecular weight is 416 g/mol. The van der Waals surface area contributed by atoms with Crippen molar-refractivity contribution in [1.82, 2.24) is 20.3 Å². The van der Waals surface area contributed by atoms with Gasteiger partial charge in [-0.05, 0) is 42.7 Å². The second kappa shape index (κ2) is 8.77. The van der Waals surface area contributed by atoms with Crippen LogP contribution in [0.4, 0.5) is 0 Å². The Balaban J connectivity index is 0.00000225.